The number of halogens is 1. The first kappa shape index (κ1) is 20.3. The molecular weight excluding hydrogens is 327 g/mol. The van der Waals surface area contributed by atoms with Crippen molar-refractivity contribution < 1.29 is 38.1 Å². The molecular formula is C11H20ClO8P. The molecule has 0 heterocycles. The van der Waals surface area contributed by atoms with E-state index in [0.29, 0.717) is 0 Å². The van der Waals surface area contributed by atoms with Crippen molar-refractivity contribution in [2.45, 2.75) is 32.3 Å². The molecule has 0 aliphatic rings. The van der Waals surface area contributed by atoms with Crippen molar-refractivity contribution in [2.24, 2.45) is 0 Å². The maximum Gasteiger partial charge on any atom is 0.374 e. The van der Waals surface area contributed by atoms with E-state index in [2.05, 4.69) is 9.56 Å². The van der Waals surface area contributed by atoms with Crippen molar-refractivity contribution in [3.05, 3.63) is 0 Å². The summed E-state index contributed by atoms with van der Waals surface area (Å²) in [5.41, 5.74) is 0. The number of esters is 2. The molecule has 0 amide bonds. The van der Waals surface area contributed by atoms with Crippen LogP contribution in [0.5, 0.6) is 0 Å². The minimum atomic E-state index is -4.74. The summed E-state index contributed by atoms with van der Waals surface area (Å²) in [5, 5.41) is -2.29. The summed E-state index contributed by atoms with van der Waals surface area (Å²) < 4.78 is 26.1. The second-order valence-corrected chi connectivity index (χ2v) is 6.18. The van der Waals surface area contributed by atoms with E-state index in [4.69, 9.17) is 21.1 Å². The van der Waals surface area contributed by atoms with Gasteiger partial charge in [0.1, 0.15) is 0 Å². The summed E-state index contributed by atoms with van der Waals surface area (Å²) in [6.45, 7) is 4.52. The van der Waals surface area contributed by atoms with Gasteiger partial charge in [-0.1, -0.05) is 0 Å². The van der Waals surface area contributed by atoms with Gasteiger partial charge in [-0.3, -0.25) is 14.2 Å². The molecule has 0 aromatic heterocycles. The molecule has 0 radical (unpaired) electrons. The number of rotatable bonds is 10. The van der Waals surface area contributed by atoms with Crippen molar-refractivity contribution in [1.29, 1.82) is 0 Å². The standard InChI is InChI=1S/C11H20ClO8P/c1-4-17-9(13)7-11(8-12,10(14)18-5-2)21(15,16)20-19-6-3/h4-8H2,1-3H3,(H,15,16). The van der Waals surface area contributed by atoms with Crippen molar-refractivity contribution in [2.75, 3.05) is 25.7 Å². The molecule has 21 heavy (non-hydrogen) atoms. The van der Waals surface area contributed by atoms with Gasteiger partial charge in [0.2, 0.25) is 0 Å². The predicted octanol–water partition coefficient (Wildman–Crippen LogP) is 1.63. The molecule has 8 nitrogen and oxygen atoms in total. The van der Waals surface area contributed by atoms with Crippen LogP contribution in [-0.4, -0.2) is 47.7 Å². The molecule has 0 bridgehead atoms. The molecule has 10 heteroatoms. The summed E-state index contributed by atoms with van der Waals surface area (Å²) in [7, 11) is -4.74. The molecule has 2 unspecified atom stereocenters. The van der Waals surface area contributed by atoms with E-state index < -0.39 is 37.0 Å². The van der Waals surface area contributed by atoms with Gasteiger partial charge in [0.05, 0.1) is 32.1 Å². The third-order valence-corrected chi connectivity index (χ3v) is 4.96. The van der Waals surface area contributed by atoms with Crippen LogP contribution in [0, 0.1) is 0 Å². The molecule has 2 atom stereocenters. The quantitative estimate of drug-likeness (QED) is 0.209. The van der Waals surface area contributed by atoms with Crippen LogP contribution in [0.2, 0.25) is 0 Å². The summed E-state index contributed by atoms with van der Waals surface area (Å²) in [5.74, 6) is -2.68. The van der Waals surface area contributed by atoms with E-state index in [1.807, 2.05) is 0 Å². The summed E-state index contributed by atoms with van der Waals surface area (Å²) in [6, 6.07) is 0. The molecule has 0 aliphatic heterocycles. The lowest BCUT2D eigenvalue weighted by Gasteiger charge is -2.30. The zero-order valence-corrected chi connectivity index (χ0v) is 13.8. The highest BCUT2D eigenvalue weighted by molar-refractivity contribution is 7.56. The lowest BCUT2D eigenvalue weighted by atomic mass is 10.1. The average Bonchev–Trinajstić information content (AvgIpc) is 2.42. The molecule has 0 saturated heterocycles. The van der Waals surface area contributed by atoms with Crippen LogP contribution in [0.4, 0.5) is 0 Å². The Bertz CT molecular complexity index is 402. The number of ether oxygens (including phenoxy) is 2. The van der Waals surface area contributed by atoms with Crippen LogP contribution in [0.15, 0.2) is 0 Å². The summed E-state index contributed by atoms with van der Waals surface area (Å²) >= 11 is 5.69. The topological polar surface area (TPSA) is 108 Å². The second-order valence-electron chi connectivity index (χ2n) is 3.87. The van der Waals surface area contributed by atoms with Crippen LogP contribution in [0.3, 0.4) is 0 Å². The van der Waals surface area contributed by atoms with Gasteiger partial charge in [-0.25, -0.2) is 4.89 Å². The van der Waals surface area contributed by atoms with E-state index in [0.717, 1.165) is 0 Å². The molecule has 0 aliphatic carbocycles. The molecule has 124 valence electrons. The normalized spacial score (nSPS) is 16.6. The Morgan fingerprint density at radius 3 is 2.14 bits per heavy atom. The van der Waals surface area contributed by atoms with E-state index in [1.54, 1.807) is 6.92 Å². The lowest BCUT2D eigenvalue weighted by molar-refractivity contribution is -0.212. The highest BCUT2D eigenvalue weighted by Gasteiger charge is 2.58. The number of carbonyl (C=O) groups is 2. The summed E-state index contributed by atoms with van der Waals surface area (Å²) in [6.07, 6.45) is -0.760. The second kappa shape index (κ2) is 9.38. The number of alkyl halides is 1. The Hall–Kier alpha value is -0.660. The SMILES string of the molecule is CCOOP(=O)(O)C(CCl)(CC(=O)OCC)C(=O)OCC. The zero-order chi connectivity index (χ0) is 16.5. The Morgan fingerprint density at radius 1 is 1.14 bits per heavy atom. The van der Waals surface area contributed by atoms with E-state index >= 15 is 0 Å². The van der Waals surface area contributed by atoms with Crippen LogP contribution < -0.4 is 0 Å². The maximum absolute atomic E-state index is 12.3. The minimum Gasteiger partial charge on any atom is -0.466 e. The van der Waals surface area contributed by atoms with Gasteiger partial charge < -0.3 is 14.4 Å². The van der Waals surface area contributed by atoms with Gasteiger partial charge in [-0.2, -0.15) is 0 Å². The molecule has 0 aromatic carbocycles. The molecule has 0 rings (SSSR count). The largest absolute Gasteiger partial charge is 0.466 e. The highest BCUT2D eigenvalue weighted by atomic mass is 35.5. The smallest absolute Gasteiger partial charge is 0.374 e. The first-order valence-electron chi connectivity index (χ1n) is 6.34. The van der Waals surface area contributed by atoms with Gasteiger partial charge in [-0.15, -0.1) is 16.3 Å². The zero-order valence-electron chi connectivity index (χ0n) is 12.2. The minimum absolute atomic E-state index is 0.0366. The average molecular weight is 347 g/mol. The van der Waals surface area contributed by atoms with E-state index in [1.165, 1.54) is 13.8 Å². The van der Waals surface area contributed by atoms with E-state index in [-0.39, 0.29) is 19.8 Å². The fourth-order valence-corrected chi connectivity index (χ4v) is 3.20. The molecule has 1 N–H and O–H groups in total. The molecule has 0 fully saturated rings. The Labute approximate surface area is 128 Å². The number of carbonyl (C=O) groups excluding carboxylic acids is 2. The number of hydrogen-bond acceptors (Lipinski definition) is 7. The third kappa shape index (κ3) is 5.23. The molecule has 0 spiro atoms. The maximum atomic E-state index is 12.3. The van der Waals surface area contributed by atoms with Gasteiger partial charge in [-0.05, 0) is 20.8 Å². The van der Waals surface area contributed by atoms with Crippen molar-refractivity contribution in [1.82, 2.24) is 0 Å². The Morgan fingerprint density at radius 2 is 1.71 bits per heavy atom. The Balaban J connectivity index is 5.54. The van der Waals surface area contributed by atoms with Crippen LogP contribution in [-0.2, 0) is 33.2 Å². The fourth-order valence-electron chi connectivity index (χ4n) is 1.38. The van der Waals surface area contributed by atoms with Crippen molar-refractivity contribution in [3.63, 3.8) is 0 Å². The Kier molecular flexibility index (Phi) is 9.08. The molecule has 0 saturated carbocycles. The van der Waals surface area contributed by atoms with Crippen molar-refractivity contribution >= 4 is 31.1 Å². The lowest BCUT2D eigenvalue weighted by Crippen LogP contribution is -2.45. The number of hydrogen-bond donors (Lipinski definition) is 1. The fraction of sp³-hybridized carbons (Fsp3) is 0.818. The van der Waals surface area contributed by atoms with Gasteiger partial charge >= 0.3 is 19.5 Å². The molecule has 0 aromatic rings. The van der Waals surface area contributed by atoms with Crippen LogP contribution >= 0.6 is 19.2 Å². The monoisotopic (exact) mass is 346 g/mol. The van der Waals surface area contributed by atoms with Crippen LogP contribution in [0.1, 0.15) is 27.2 Å². The first-order valence-corrected chi connectivity index (χ1v) is 8.45. The van der Waals surface area contributed by atoms with Crippen molar-refractivity contribution in [3.8, 4) is 0 Å². The third-order valence-electron chi connectivity index (χ3n) is 2.43. The highest BCUT2D eigenvalue weighted by Crippen LogP contribution is 2.58. The van der Waals surface area contributed by atoms with E-state index in [9.17, 15) is 19.0 Å². The first-order chi connectivity index (χ1) is 9.81. The predicted molar refractivity (Wildman–Crippen MR) is 73.9 cm³/mol. The van der Waals surface area contributed by atoms with Gasteiger partial charge in [0.25, 0.3) is 0 Å². The van der Waals surface area contributed by atoms with Gasteiger partial charge in [0, 0.05) is 0 Å². The summed E-state index contributed by atoms with van der Waals surface area (Å²) in [4.78, 5) is 38.1. The van der Waals surface area contributed by atoms with Gasteiger partial charge in [0.15, 0.2) is 5.16 Å². The van der Waals surface area contributed by atoms with Crippen LogP contribution in [0.25, 0.3) is 0 Å².